The first-order chi connectivity index (χ1) is 14.9. The number of hydrogen-bond donors (Lipinski definition) is 1. The van der Waals surface area contributed by atoms with Crippen molar-refractivity contribution < 1.29 is 13.7 Å². The molecule has 1 N–H and O–H groups in total. The van der Waals surface area contributed by atoms with Crippen LogP contribution in [0, 0.1) is 32.1 Å². The quantitative estimate of drug-likeness (QED) is 0.597. The molecule has 1 aromatic carbocycles. The first-order valence-corrected chi connectivity index (χ1v) is 10.9. The predicted molar refractivity (Wildman–Crippen MR) is 119 cm³/mol. The van der Waals surface area contributed by atoms with E-state index >= 15 is 0 Å². The Morgan fingerprint density at radius 3 is 2.68 bits per heavy atom. The number of thiophene rings is 1. The molecule has 3 aromatic rings. The summed E-state index contributed by atoms with van der Waals surface area (Å²) in [5, 5.41) is 16.0. The maximum atomic E-state index is 12.5. The molecule has 0 saturated heterocycles. The van der Waals surface area contributed by atoms with Gasteiger partial charge in [0, 0.05) is 34.2 Å². The van der Waals surface area contributed by atoms with Crippen molar-refractivity contribution in [3.63, 3.8) is 0 Å². The minimum Gasteiger partial charge on any atom is -0.360 e. The minimum atomic E-state index is -0.606. The lowest BCUT2D eigenvalue weighted by Crippen LogP contribution is -2.26. The number of nitrogens with one attached hydrogen (secondary N) is 1. The minimum absolute atomic E-state index is 0.00826. The van der Waals surface area contributed by atoms with Gasteiger partial charge in [-0.25, -0.2) is 4.39 Å². The van der Waals surface area contributed by atoms with Gasteiger partial charge in [-0.3, -0.25) is 4.79 Å². The van der Waals surface area contributed by atoms with Crippen molar-refractivity contribution in [1.29, 1.82) is 5.26 Å². The third-order valence-electron chi connectivity index (χ3n) is 5.62. The molecule has 0 saturated carbocycles. The smallest absolute Gasteiger partial charge is 0.221 e. The van der Waals surface area contributed by atoms with Gasteiger partial charge in [0.15, 0.2) is 5.76 Å². The maximum Gasteiger partial charge on any atom is 0.221 e. The average Bonchev–Trinajstić information content (AvgIpc) is 3.24. The lowest BCUT2D eigenvalue weighted by molar-refractivity contribution is -0.121. The highest BCUT2D eigenvalue weighted by atomic mass is 32.1. The van der Waals surface area contributed by atoms with E-state index in [1.807, 2.05) is 25.1 Å². The monoisotopic (exact) mass is 435 g/mol. The van der Waals surface area contributed by atoms with Crippen LogP contribution in [-0.4, -0.2) is 24.3 Å². The zero-order chi connectivity index (χ0) is 22.1. The second-order valence-corrected chi connectivity index (χ2v) is 8.84. The summed E-state index contributed by atoms with van der Waals surface area (Å²) in [6.45, 7) is 5.48. The molecule has 2 aromatic heterocycles. The van der Waals surface area contributed by atoms with E-state index in [2.05, 4.69) is 30.4 Å². The predicted octanol–water partition coefficient (Wildman–Crippen LogP) is 5.20. The van der Waals surface area contributed by atoms with E-state index in [0.717, 1.165) is 32.8 Å². The highest BCUT2D eigenvalue weighted by Crippen LogP contribution is 2.49. The number of hydrogen-bond acceptors (Lipinski definition) is 5. The average molecular weight is 436 g/mol. The third kappa shape index (κ3) is 3.79. The van der Waals surface area contributed by atoms with Crippen LogP contribution in [0.5, 0.6) is 0 Å². The van der Waals surface area contributed by atoms with Crippen molar-refractivity contribution in [2.24, 2.45) is 0 Å². The Balaban J connectivity index is 1.91. The number of fused-ring (bicyclic) bond motifs is 3. The fourth-order valence-electron chi connectivity index (χ4n) is 3.98. The Hall–Kier alpha value is -3.24. The molecule has 1 amide bonds. The molecule has 1 aliphatic rings. The van der Waals surface area contributed by atoms with Crippen molar-refractivity contribution in [3.8, 4) is 16.5 Å². The topological polar surface area (TPSA) is 78.9 Å². The molecule has 5 nitrogen and oxygen atoms in total. The molecule has 7 heteroatoms. The maximum absolute atomic E-state index is 12.5. The van der Waals surface area contributed by atoms with Crippen LogP contribution in [-0.2, 0) is 4.79 Å². The lowest BCUT2D eigenvalue weighted by atomic mass is 9.91. The first-order valence-electron chi connectivity index (χ1n) is 10.1. The van der Waals surface area contributed by atoms with Crippen molar-refractivity contribution in [3.05, 3.63) is 68.9 Å². The number of aryl methyl sites for hydroxylation is 2. The van der Waals surface area contributed by atoms with E-state index in [4.69, 9.17) is 9.78 Å². The number of nitriles is 1. The van der Waals surface area contributed by atoms with Crippen LogP contribution in [0.25, 0.3) is 16.0 Å². The van der Waals surface area contributed by atoms with Crippen molar-refractivity contribution >= 4 is 22.8 Å². The van der Waals surface area contributed by atoms with Crippen LogP contribution < -0.4 is 5.32 Å². The number of aromatic nitrogens is 1. The van der Waals surface area contributed by atoms with E-state index in [0.29, 0.717) is 11.3 Å². The molecule has 4 rings (SSSR count). The van der Waals surface area contributed by atoms with Crippen LogP contribution in [0.3, 0.4) is 0 Å². The zero-order valence-electron chi connectivity index (χ0n) is 17.6. The standard InChI is InChI=1S/C24H22FN3O2S/c1-13-15(3)31-24-21(13)19(17-6-4-16(12-26)5-7-17)10-18(11-20(29)27-9-8-25)23-22(24)14(2)28-30-23/h4-7,10,18H,8-9,11H2,1-3H3,(H,27,29)/t18-/m0/s1. The Morgan fingerprint density at radius 2 is 2.00 bits per heavy atom. The van der Waals surface area contributed by atoms with Crippen molar-refractivity contribution in [2.75, 3.05) is 13.2 Å². The van der Waals surface area contributed by atoms with Crippen molar-refractivity contribution in [1.82, 2.24) is 10.5 Å². The second-order valence-electron chi connectivity index (χ2n) is 7.61. The van der Waals surface area contributed by atoms with Gasteiger partial charge in [-0.15, -0.1) is 11.3 Å². The van der Waals surface area contributed by atoms with E-state index in [1.165, 1.54) is 10.4 Å². The molecule has 0 spiro atoms. The van der Waals surface area contributed by atoms with E-state index in [9.17, 15) is 9.18 Å². The second kappa shape index (κ2) is 8.48. The zero-order valence-corrected chi connectivity index (χ0v) is 18.4. The summed E-state index contributed by atoms with van der Waals surface area (Å²) < 4.78 is 18.3. The number of allylic oxidation sites excluding steroid dienone is 1. The number of nitrogens with zero attached hydrogens (tertiary/aromatic N) is 2. The van der Waals surface area contributed by atoms with Crippen LogP contribution in [0.1, 0.15) is 50.9 Å². The molecular formula is C24H22FN3O2S. The SMILES string of the molecule is Cc1noc2c1-c1sc(C)c(C)c1C(c1ccc(C#N)cc1)=C[C@H]2CC(=O)NCCF. The summed E-state index contributed by atoms with van der Waals surface area (Å²) in [6.07, 6.45) is 2.18. The Kier molecular flexibility index (Phi) is 5.75. The molecule has 1 aliphatic carbocycles. The van der Waals surface area contributed by atoms with Gasteiger partial charge in [-0.05, 0) is 49.6 Å². The summed E-state index contributed by atoms with van der Waals surface area (Å²) >= 11 is 1.69. The Bertz CT molecular complexity index is 1210. The highest BCUT2D eigenvalue weighted by molar-refractivity contribution is 7.16. The molecule has 0 fully saturated rings. The number of carbonyl (C=O) groups is 1. The van der Waals surface area contributed by atoms with Gasteiger partial charge in [0.1, 0.15) is 6.67 Å². The first kappa shape index (κ1) is 21.0. The third-order valence-corrected chi connectivity index (χ3v) is 6.85. The highest BCUT2D eigenvalue weighted by Gasteiger charge is 2.33. The number of benzene rings is 1. The molecule has 0 bridgehead atoms. The van der Waals surface area contributed by atoms with Crippen molar-refractivity contribution in [2.45, 2.75) is 33.1 Å². The number of alkyl halides is 1. The van der Waals surface area contributed by atoms with Gasteiger partial charge in [-0.1, -0.05) is 23.4 Å². The van der Waals surface area contributed by atoms with Crippen LogP contribution in [0.4, 0.5) is 4.39 Å². The molecule has 2 heterocycles. The summed E-state index contributed by atoms with van der Waals surface area (Å²) in [5.41, 5.74) is 6.53. The molecular weight excluding hydrogens is 413 g/mol. The van der Waals surface area contributed by atoms with Gasteiger partial charge < -0.3 is 9.84 Å². The molecule has 0 radical (unpaired) electrons. The molecule has 0 unspecified atom stereocenters. The summed E-state index contributed by atoms with van der Waals surface area (Å²) in [6, 6.07) is 9.60. The van der Waals surface area contributed by atoms with E-state index in [1.54, 1.807) is 23.5 Å². The lowest BCUT2D eigenvalue weighted by Gasteiger charge is -2.13. The fraction of sp³-hybridized carbons (Fsp3) is 0.292. The summed E-state index contributed by atoms with van der Waals surface area (Å²) in [5.74, 6) is 0.0658. The van der Waals surface area contributed by atoms with Gasteiger partial charge >= 0.3 is 0 Å². The summed E-state index contributed by atoms with van der Waals surface area (Å²) in [7, 11) is 0. The number of halogens is 1. The van der Waals surface area contributed by atoms with Gasteiger partial charge in [-0.2, -0.15) is 5.26 Å². The largest absolute Gasteiger partial charge is 0.360 e. The van der Waals surface area contributed by atoms with E-state index in [-0.39, 0.29) is 24.8 Å². The fourth-order valence-corrected chi connectivity index (χ4v) is 5.26. The molecule has 31 heavy (non-hydrogen) atoms. The van der Waals surface area contributed by atoms with Crippen LogP contribution in [0.15, 0.2) is 34.9 Å². The van der Waals surface area contributed by atoms with Gasteiger partial charge in [0.2, 0.25) is 5.91 Å². The van der Waals surface area contributed by atoms with Gasteiger partial charge in [0.05, 0.1) is 22.9 Å². The number of rotatable bonds is 5. The number of amides is 1. The normalized spacial score (nSPS) is 14.8. The molecule has 1 atom stereocenters. The molecule has 158 valence electrons. The Labute approximate surface area is 184 Å². The molecule has 0 aliphatic heterocycles. The van der Waals surface area contributed by atoms with Crippen LogP contribution in [0.2, 0.25) is 0 Å². The Morgan fingerprint density at radius 1 is 1.26 bits per heavy atom. The van der Waals surface area contributed by atoms with Gasteiger partial charge in [0.25, 0.3) is 0 Å². The van der Waals surface area contributed by atoms with Crippen LogP contribution >= 0.6 is 11.3 Å². The summed E-state index contributed by atoms with van der Waals surface area (Å²) in [4.78, 5) is 14.7. The number of carbonyl (C=O) groups excluding carboxylic acids is 1. The van der Waals surface area contributed by atoms with E-state index < -0.39 is 6.67 Å².